The van der Waals surface area contributed by atoms with E-state index in [9.17, 15) is 21.6 Å². The topological polar surface area (TPSA) is 85.1 Å². The Labute approximate surface area is 112 Å². The maximum atomic E-state index is 12.8. The first kappa shape index (κ1) is 14.7. The molecule has 1 aromatic heterocycles. The van der Waals surface area contributed by atoms with Gasteiger partial charge in [0.25, 0.3) is 0 Å². The molecule has 19 heavy (non-hydrogen) atoms. The molecule has 0 radical (unpaired) electrons. The highest BCUT2D eigenvalue weighted by Crippen LogP contribution is 2.35. The van der Waals surface area contributed by atoms with Crippen molar-refractivity contribution < 1.29 is 21.6 Å². The van der Waals surface area contributed by atoms with Crippen LogP contribution in [0, 0.1) is 0 Å². The van der Waals surface area contributed by atoms with E-state index in [1.54, 1.807) is 0 Å². The molecule has 1 heterocycles. The molecule has 0 spiro atoms. The van der Waals surface area contributed by atoms with E-state index in [4.69, 9.17) is 5.14 Å². The summed E-state index contributed by atoms with van der Waals surface area (Å²) < 4.78 is 60.1. The van der Waals surface area contributed by atoms with Gasteiger partial charge in [-0.05, 0) is 12.8 Å². The fraction of sp³-hybridized carbons (Fsp3) is 0.667. The van der Waals surface area contributed by atoms with Gasteiger partial charge in [0, 0.05) is 12.6 Å². The van der Waals surface area contributed by atoms with Gasteiger partial charge in [-0.1, -0.05) is 0 Å². The van der Waals surface area contributed by atoms with Crippen LogP contribution in [-0.2, 0) is 28.5 Å². The minimum atomic E-state index is -4.59. The zero-order chi connectivity index (χ0) is 14.3. The zero-order valence-electron chi connectivity index (χ0n) is 9.70. The summed E-state index contributed by atoms with van der Waals surface area (Å²) in [4.78, 5) is 3.36. The van der Waals surface area contributed by atoms with E-state index in [1.165, 1.54) is 0 Å². The molecular weight excluding hydrogens is 303 g/mol. The monoisotopic (exact) mass is 315 g/mol. The molecule has 3 N–H and O–H groups in total. The van der Waals surface area contributed by atoms with Crippen molar-refractivity contribution in [2.75, 3.05) is 0 Å². The molecule has 0 saturated heterocycles. The summed E-state index contributed by atoms with van der Waals surface area (Å²) >= 11 is 0.730. The lowest BCUT2D eigenvalue weighted by Crippen LogP contribution is -2.18. The molecule has 1 aliphatic rings. The summed E-state index contributed by atoms with van der Waals surface area (Å²) in [6.07, 6.45) is -2.69. The minimum absolute atomic E-state index is 0.00181. The zero-order valence-corrected chi connectivity index (χ0v) is 11.3. The van der Waals surface area contributed by atoms with Crippen LogP contribution in [0.25, 0.3) is 0 Å². The maximum Gasteiger partial charge on any atom is 0.434 e. The normalized spacial score (nSPS) is 16.8. The Morgan fingerprint density at radius 2 is 2.05 bits per heavy atom. The van der Waals surface area contributed by atoms with Crippen molar-refractivity contribution in [1.82, 2.24) is 10.3 Å². The van der Waals surface area contributed by atoms with E-state index in [1.807, 2.05) is 0 Å². The van der Waals surface area contributed by atoms with Crippen molar-refractivity contribution in [3.63, 3.8) is 0 Å². The number of thiazole rings is 1. The highest BCUT2D eigenvalue weighted by molar-refractivity contribution is 7.88. The summed E-state index contributed by atoms with van der Waals surface area (Å²) in [5, 5.41) is 7.62. The van der Waals surface area contributed by atoms with Gasteiger partial charge in [0.1, 0.15) is 10.8 Å². The Hall–Kier alpha value is -0.710. The SMILES string of the molecule is NS(=O)(=O)Cc1nc(C(F)(F)F)c(CNC2CC2)s1. The minimum Gasteiger partial charge on any atom is -0.309 e. The molecular formula is C9H12F3N3O2S2. The second-order valence-corrected chi connectivity index (χ2v) is 7.12. The van der Waals surface area contributed by atoms with Gasteiger partial charge in [-0.25, -0.2) is 18.5 Å². The Balaban J connectivity index is 2.22. The van der Waals surface area contributed by atoms with Gasteiger partial charge >= 0.3 is 6.18 Å². The summed E-state index contributed by atoms with van der Waals surface area (Å²) in [7, 11) is -3.88. The average molecular weight is 315 g/mol. The molecule has 0 bridgehead atoms. The van der Waals surface area contributed by atoms with Crippen LogP contribution in [0.4, 0.5) is 13.2 Å². The Morgan fingerprint density at radius 1 is 1.42 bits per heavy atom. The number of nitrogens with one attached hydrogen (secondary N) is 1. The first-order valence-electron chi connectivity index (χ1n) is 5.45. The molecule has 0 unspecified atom stereocenters. The molecule has 5 nitrogen and oxygen atoms in total. The van der Waals surface area contributed by atoms with Crippen LogP contribution in [0.15, 0.2) is 0 Å². The van der Waals surface area contributed by atoms with Crippen LogP contribution in [-0.4, -0.2) is 19.4 Å². The lowest BCUT2D eigenvalue weighted by molar-refractivity contribution is -0.141. The highest BCUT2D eigenvalue weighted by Gasteiger charge is 2.38. The number of aromatic nitrogens is 1. The standard InChI is InChI=1S/C9H12F3N3O2S2/c10-9(11,12)8-6(3-14-5-1-2-5)18-7(15-8)4-19(13,16)17/h5,14H,1-4H2,(H2,13,16,17). The van der Waals surface area contributed by atoms with Crippen LogP contribution in [0.5, 0.6) is 0 Å². The van der Waals surface area contributed by atoms with Gasteiger partial charge < -0.3 is 5.32 Å². The average Bonchev–Trinajstić information content (AvgIpc) is 2.94. The summed E-state index contributed by atoms with van der Waals surface area (Å²) in [6, 6.07) is 0.255. The molecule has 2 rings (SSSR count). The maximum absolute atomic E-state index is 12.8. The number of halogens is 3. The van der Waals surface area contributed by atoms with Crippen LogP contribution in [0.1, 0.15) is 28.4 Å². The van der Waals surface area contributed by atoms with Crippen molar-refractivity contribution in [2.45, 2.75) is 37.4 Å². The summed E-state index contributed by atoms with van der Waals surface area (Å²) in [5.74, 6) is -0.676. The number of primary sulfonamides is 1. The first-order chi connectivity index (χ1) is 8.65. The predicted octanol–water partition coefficient (Wildman–Crippen LogP) is 1.20. The van der Waals surface area contributed by atoms with E-state index < -0.39 is 27.6 Å². The number of nitrogens with zero attached hydrogens (tertiary/aromatic N) is 1. The van der Waals surface area contributed by atoms with Crippen molar-refractivity contribution in [3.05, 3.63) is 15.6 Å². The second-order valence-electron chi connectivity index (χ2n) is 4.34. The van der Waals surface area contributed by atoms with Crippen molar-refractivity contribution in [3.8, 4) is 0 Å². The van der Waals surface area contributed by atoms with Crippen LogP contribution >= 0.6 is 11.3 Å². The molecule has 0 aromatic carbocycles. The fourth-order valence-electron chi connectivity index (χ4n) is 1.50. The van der Waals surface area contributed by atoms with Crippen molar-refractivity contribution in [1.29, 1.82) is 0 Å². The van der Waals surface area contributed by atoms with Crippen molar-refractivity contribution in [2.24, 2.45) is 5.14 Å². The van der Waals surface area contributed by atoms with Crippen LogP contribution in [0.2, 0.25) is 0 Å². The summed E-state index contributed by atoms with van der Waals surface area (Å²) in [6.45, 7) is 0.0434. The largest absolute Gasteiger partial charge is 0.434 e. The second kappa shape index (κ2) is 5.00. The molecule has 108 valence electrons. The van der Waals surface area contributed by atoms with E-state index in [2.05, 4.69) is 10.3 Å². The fourth-order valence-corrected chi connectivity index (χ4v) is 3.47. The lowest BCUT2D eigenvalue weighted by Gasteiger charge is -2.06. The third kappa shape index (κ3) is 4.41. The quantitative estimate of drug-likeness (QED) is 0.855. The Kier molecular flexibility index (Phi) is 3.87. The van der Waals surface area contributed by atoms with E-state index in [-0.39, 0.29) is 22.5 Å². The number of rotatable bonds is 5. The molecule has 1 fully saturated rings. The smallest absolute Gasteiger partial charge is 0.309 e. The van der Waals surface area contributed by atoms with Gasteiger partial charge in [-0.2, -0.15) is 13.2 Å². The number of sulfonamides is 1. The van der Waals surface area contributed by atoms with Crippen molar-refractivity contribution >= 4 is 21.4 Å². The molecule has 1 saturated carbocycles. The number of hydrogen-bond acceptors (Lipinski definition) is 5. The third-order valence-electron chi connectivity index (χ3n) is 2.46. The Bertz CT molecular complexity index is 564. The number of alkyl halides is 3. The number of nitrogens with two attached hydrogens (primary N) is 1. The van der Waals surface area contributed by atoms with Gasteiger partial charge in [0.2, 0.25) is 10.0 Å². The van der Waals surface area contributed by atoms with Gasteiger partial charge in [0.15, 0.2) is 5.69 Å². The molecule has 0 aliphatic heterocycles. The lowest BCUT2D eigenvalue weighted by atomic mass is 10.3. The van der Waals surface area contributed by atoms with E-state index >= 15 is 0 Å². The molecule has 0 atom stereocenters. The van der Waals surface area contributed by atoms with Gasteiger partial charge in [-0.3, -0.25) is 0 Å². The van der Waals surface area contributed by atoms with Crippen LogP contribution in [0.3, 0.4) is 0 Å². The Morgan fingerprint density at radius 3 is 2.53 bits per heavy atom. The van der Waals surface area contributed by atoms with Crippen LogP contribution < -0.4 is 10.5 Å². The first-order valence-corrected chi connectivity index (χ1v) is 7.98. The van der Waals surface area contributed by atoms with E-state index in [0.717, 1.165) is 24.2 Å². The predicted molar refractivity (Wildman–Crippen MR) is 63.8 cm³/mol. The molecule has 0 amide bonds. The summed E-state index contributed by atoms with van der Waals surface area (Å²) in [5.41, 5.74) is -1.02. The van der Waals surface area contributed by atoms with Gasteiger partial charge in [0.05, 0.1) is 4.88 Å². The highest BCUT2D eigenvalue weighted by atomic mass is 32.2. The number of hydrogen-bond donors (Lipinski definition) is 2. The van der Waals surface area contributed by atoms with E-state index in [0.29, 0.717) is 0 Å². The molecule has 10 heteroatoms. The molecule has 1 aromatic rings. The van der Waals surface area contributed by atoms with Gasteiger partial charge in [-0.15, -0.1) is 11.3 Å². The third-order valence-corrected chi connectivity index (χ3v) is 4.38. The molecule has 1 aliphatic carbocycles.